The smallest absolute Gasteiger partial charge is 0.0590 e. The average molecular weight is 242 g/mol. The largest absolute Gasteiger partial charge is 0.393 e. The third kappa shape index (κ3) is 7.05. The van der Waals surface area contributed by atoms with Crippen LogP contribution >= 0.6 is 0 Å². The number of aliphatic hydroxyl groups excluding tert-OH is 1. The maximum absolute atomic E-state index is 10.0. The van der Waals surface area contributed by atoms with Gasteiger partial charge in [-0.2, -0.15) is 0 Å². The quantitative estimate of drug-likeness (QED) is 0.621. The maximum Gasteiger partial charge on any atom is 0.0590 e. The first-order valence-electron chi connectivity index (χ1n) is 7.60. The molecular formula is C15H30O2. The van der Waals surface area contributed by atoms with Crippen molar-refractivity contribution in [3.05, 3.63) is 0 Å². The molecule has 2 atom stereocenters. The summed E-state index contributed by atoms with van der Waals surface area (Å²) in [5.74, 6) is 0.406. The molecule has 17 heavy (non-hydrogen) atoms. The van der Waals surface area contributed by atoms with Crippen molar-refractivity contribution in [2.45, 2.75) is 77.2 Å². The van der Waals surface area contributed by atoms with Gasteiger partial charge in [0.25, 0.3) is 0 Å². The molecule has 0 aromatic heterocycles. The van der Waals surface area contributed by atoms with Crippen LogP contribution in [0.4, 0.5) is 0 Å². The van der Waals surface area contributed by atoms with Crippen molar-refractivity contribution in [3.8, 4) is 0 Å². The van der Waals surface area contributed by atoms with Gasteiger partial charge in [-0.3, -0.25) is 0 Å². The molecule has 0 bridgehead atoms. The van der Waals surface area contributed by atoms with Crippen molar-refractivity contribution in [2.75, 3.05) is 13.2 Å². The Kier molecular flexibility index (Phi) is 8.72. The van der Waals surface area contributed by atoms with Crippen molar-refractivity contribution < 1.29 is 9.84 Å². The van der Waals surface area contributed by atoms with Crippen molar-refractivity contribution in [3.63, 3.8) is 0 Å². The van der Waals surface area contributed by atoms with E-state index < -0.39 is 0 Å². The molecule has 1 heterocycles. The van der Waals surface area contributed by atoms with Gasteiger partial charge in [0.2, 0.25) is 0 Å². The molecule has 102 valence electrons. The highest BCUT2D eigenvalue weighted by Crippen LogP contribution is 2.21. The lowest BCUT2D eigenvalue weighted by atomic mass is 9.92. The van der Waals surface area contributed by atoms with E-state index in [1.54, 1.807) is 0 Å². The van der Waals surface area contributed by atoms with Gasteiger partial charge in [0.05, 0.1) is 12.7 Å². The number of rotatable bonds is 9. The minimum Gasteiger partial charge on any atom is -0.393 e. The van der Waals surface area contributed by atoms with Crippen molar-refractivity contribution in [1.29, 1.82) is 0 Å². The Balaban J connectivity index is 1.90. The molecule has 0 aromatic rings. The van der Waals surface area contributed by atoms with E-state index in [4.69, 9.17) is 4.74 Å². The summed E-state index contributed by atoms with van der Waals surface area (Å²) in [4.78, 5) is 0. The van der Waals surface area contributed by atoms with Crippen LogP contribution in [0.15, 0.2) is 0 Å². The van der Waals surface area contributed by atoms with Crippen LogP contribution in [0, 0.1) is 5.92 Å². The monoisotopic (exact) mass is 242 g/mol. The van der Waals surface area contributed by atoms with Gasteiger partial charge in [0.15, 0.2) is 0 Å². The number of unbranched alkanes of at least 4 members (excludes halogenated alkanes) is 6. The standard InChI is InChI=1S/C15H30O2/c1-2-3-4-5-6-7-8-11-15(16)14-10-9-12-17-13-14/h14-16H,2-13H2,1H3. The van der Waals surface area contributed by atoms with E-state index in [0.717, 1.165) is 32.5 Å². The SMILES string of the molecule is CCCCCCCCCC(O)C1CCCOC1. The molecule has 0 radical (unpaired) electrons. The Labute approximate surface area is 107 Å². The third-order valence-corrected chi connectivity index (χ3v) is 3.84. The van der Waals surface area contributed by atoms with E-state index in [0.29, 0.717) is 5.92 Å². The molecular weight excluding hydrogens is 212 g/mol. The van der Waals surface area contributed by atoms with Crippen LogP contribution in [-0.4, -0.2) is 24.4 Å². The summed E-state index contributed by atoms with van der Waals surface area (Å²) in [6, 6.07) is 0. The fraction of sp³-hybridized carbons (Fsp3) is 1.00. The van der Waals surface area contributed by atoms with Gasteiger partial charge in [-0.1, -0.05) is 51.9 Å². The summed E-state index contributed by atoms with van der Waals surface area (Å²) in [7, 11) is 0. The molecule has 0 amide bonds. The zero-order valence-electron chi connectivity index (χ0n) is 11.5. The van der Waals surface area contributed by atoms with E-state index in [2.05, 4.69) is 6.92 Å². The first-order chi connectivity index (χ1) is 8.34. The van der Waals surface area contributed by atoms with Crippen LogP contribution in [0.25, 0.3) is 0 Å². The predicted molar refractivity (Wildman–Crippen MR) is 72.2 cm³/mol. The van der Waals surface area contributed by atoms with Crippen LogP contribution in [0.3, 0.4) is 0 Å². The van der Waals surface area contributed by atoms with E-state index >= 15 is 0 Å². The van der Waals surface area contributed by atoms with E-state index in [1.807, 2.05) is 0 Å². The maximum atomic E-state index is 10.0. The predicted octanol–water partition coefficient (Wildman–Crippen LogP) is 3.91. The highest BCUT2D eigenvalue weighted by atomic mass is 16.5. The fourth-order valence-electron chi connectivity index (χ4n) is 2.62. The number of ether oxygens (including phenoxy) is 1. The Morgan fingerprint density at radius 1 is 1.12 bits per heavy atom. The van der Waals surface area contributed by atoms with Crippen molar-refractivity contribution in [1.82, 2.24) is 0 Å². The zero-order valence-corrected chi connectivity index (χ0v) is 11.5. The molecule has 0 aliphatic carbocycles. The third-order valence-electron chi connectivity index (χ3n) is 3.84. The molecule has 0 saturated carbocycles. The molecule has 0 aromatic carbocycles. The Bertz CT molecular complexity index is 164. The highest BCUT2D eigenvalue weighted by molar-refractivity contribution is 4.71. The minimum atomic E-state index is -0.119. The molecule has 1 saturated heterocycles. The average Bonchev–Trinajstić information content (AvgIpc) is 2.38. The van der Waals surface area contributed by atoms with Gasteiger partial charge < -0.3 is 9.84 Å². The zero-order chi connectivity index (χ0) is 12.3. The molecule has 1 rings (SSSR count). The molecule has 1 N–H and O–H groups in total. The summed E-state index contributed by atoms with van der Waals surface area (Å²) < 4.78 is 5.41. The van der Waals surface area contributed by atoms with Crippen LogP contribution < -0.4 is 0 Å². The summed E-state index contributed by atoms with van der Waals surface area (Å²) >= 11 is 0. The van der Waals surface area contributed by atoms with Gasteiger partial charge in [-0.05, 0) is 19.3 Å². The van der Waals surface area contributed by atoms with Crippen LogP contribution in [0.2, 0.25) is 0 Å². The van der Waals surface area contributed by atoms with Crippen molar-refractivity contribution >= 4 is 0 Å². The van der Waals surface area contributed by atoms with E-state index in [-0.39, 0.29) is 6.10 Å². The van der Waals surface area contributed by atoms with Crippen LogP contribution in [0.5, 0.6) is 0 Å². The lowest BCUT2D eigenvalue weighted by Crippen LogP contribution is -2.28. The first kappa shape index (κ1) is 15.0. The van der Waals surface area contributed by atoms with E-state index in [1.165, 1.54) is 44.9 Å². The molecule has 2 heteroatoms. The summed E-state index contributed by atoms with van der Waals surface area (Å²) in [5, 5.41) is 10.0. The lowest BCUT2D eigenvalue weighted by Gasteiger charge is -2.26. The summed E-state index contributed by atoms with van der Waals surface area (Å²) in [6.07, 6.45) is 12.4. The Morgan fingerprint density at radius 2 is 1.82 bits per heavy atom. The van der Waals surface area contributed by atoms with Crippen LogP contribution in [0.1, 0.15) is 71.1 Å². The molecule has 1 fully saturated rings. The second kappa shape index (κ2) is 9.90. The van der Waals surface area contributed by atoms with E-state index in [9.17, 15) is 5.11 Å². The number of hydrogen-bond donors (Lipinski definition) is 1. The normalized spacial score (nSPS) is 22.6. The summed E-state index contributed by atoms with van der Waals surface area (Å²) in [5.41, 5.74) is 0. The van der Waals surface area contributed by atoms with Gasteiger partial charge in [-0.15, -0.1) is 0 Å². The lowest BCUT2D eigenvalue weighted by molar-refractivity contribution is -0.0126. The fourth-order valence-corrected chi connectivity index (χ4v) is 2.62. The Hall–Kier alpha value is -0.0800. The number of hydrogen-bond acceptors (Lipinski definition) is 2. The first-order valence-corrected chi connectivity index (χ1v) is 7.60. The van der Waals surface area contributed by atoms with Crippen LogP contribution in [-0.2, 0) is 4.74 Å². The summed E-state index contributed by atoms with van der Waals surface area (Å²) in [6.45, 7) is 3.92. The van der Waals surface area contributed by atoms with Gasteiger partial charge in [-0.25, -0.2) is 0 Å². The second-order valence-electron chi connectivity index (χ2n) is 5.45. The molecule has 2 unspecified atom stereocenters. The molecule has 2 nitrogen and oxygen atoms in total. The topological polar surface area (TPSA) is 29.5 Å². The van der Waals surface area contributed by atoms with Gasteiger partial charge in [0, 0.05) is 12.5 Å². The Morgan fingerprint density at radius 3 is 2.47 bits per heavy atom. The molecule has 1 aliphatic heterocycles. The van der Waals surface area contributed by atoms with Gasteiger partial charge in [0.1, 0.15) is 0 Å². The highest BCUT2D eigenvalue weighted by Gasteiger charge is 2.21. The minimum absolute atomic E-state index is 0.119. The second-order valence-corrected chi connectivity index (χ2v) is 5.45. The molecule has 0 spiro atoms. The van der Waals surface area contributed by atoms with Gasteiger partial charge >= 0.3 is 0 Å². The molecule has 1 aliphatic rings. The van der Waals surface area contributed by atoms with Crippen molar-refractivity contribution in [2.24, 2.45) is 5.92 Å². The number of aliphatic hydroxyl groups is 1.